The number of aromatic nitrogens is 2. The van der Waals surface area contributed by atoms with Crippen molar-refractivity contribution in [1.29, 1.82) is 0 Å². The Balaban J connectivity index is 2.17. The van der Waals surface area contributed by atoms with Crippen LogP contribution in [0.25, 0.3) is 11.0 Å². The predicted molar refractivity (Wildman–Crippen MR) is 58.5 cm³/mol. The van der Waals surface area contributed by atoms with Crippen LogP contribution >= 0.6 is 0 Å². The summed E-state index contributed by atoms with van der Waals surface area (Å²) in [5.74, 6) is 0. The van der Waals surface area contributed by atoms with Gasteiger partial charge in [0.05, 0.1) is 23.9 Å². The molecule has 0 fully saturated rings. The lowest BCUT2D eigenvalue weighted by molar-refractivity contribution is -0.108. The largest absolute Gasteiger partial charge is 0.345 e. The molecule has 0 aliphatic heterocycles. The van der Waals surface area contributed by atoms with Gasteiger partial charge in [-0.25, -0.2) is 4.98 Å². The van der Waals surface area contributed by atoms with Gasteiger partial charge in [-0.05, 0) is 24.7 Å². The van der Waals surface area contributed by atoms with Crippen LogP contribution in [0.4, 0.5) is 0 Å². The first-order chi connectivity index (χ1) is 7.29. The predicted octanol–water partition coefficient (Wildman–Crippen LogP) is 1.19. The van der Waals surface area contributed by atoms with Gasteiger partial charge >= 0.3 is 0 Å². The van der Waals surface area contributed by atoms with Gasteiger partial charge in [0.15, 0.2) is 0 Å². The van der Waals surface area contributed by atoms with E-state index in [1.165, 1.54) is 5.56 Å². The number of carbonyl (C=O) groups is 1. The minimum absolute atomic E-state index is 0.459. The molecule has 0 spiro atoms. The summed E-state index contributed by atoms with van der Waals surface area (Å²) in [4.78, 5) is 19.5. The van der Waals surface area contributed by atoms with Crippen molar-refractivity contribution in [2.45, 2.75) is 6.54 Å². The number of aromatic amines is 1. The Morgan fingerprint density at radius 3 is 3.20 bits per heavy atom. The van der Waals surface area contributed by atoms with Gasteiger partial charge < -0.3 is 9.78 Å². The van der Waals surface area contributed by atoms with Gasteiger partial charge in [-0.3, -0.25) is 4.90 Å². The van der Waals surface area contributed by atoms with Crippen molar-refractivity contribution in [3.05, 3.63) is 30.1 Å². The van der Waals surface area contributed by atoms with Crippen molar-refractivity contribution in [3.63, 3.8) is 0 Å². The number of hydrogen-bond donors (Lipinski definition) is 1. The Hall–Kier alpha value is -1.68. The number of aldehydes is 1. The molecular formula is C11H13N3O. The Morgan fingerprint density at radius 1 is 1.53 bits per heavy atom. The van der Waals surface area contributed by atoms with Gasteiger partial charge in [-0.2, -0.15) is 0 Å². The molecule has 0 radical (unpaired) electrons. The fraction of sp³-hybridized carbons (Fsp3) is 0.273. The standard InChI is InChI=1S/C11H13N3O/c1-14(4-5-15)7-9-2-3-10-11(6-9)13-8-12-10/h2-3,5-6,8H,4,7H2,1H3,(H,12,13). The van der Waals surface area contributed by atoms with Crippen molar-refractivity contribution in [3.8, 4) is 0 Å². The summed E-state index contributed by atoms with van der Waals surface area (Å²) in [5.41, 5.74) is 3.18. The van der Waals surface area contributed by atoms with E-state index < -0.39 is 0 Å². The lowest BCUT2D eigenvalue weighted by Gasteiger charge is -2.12. The summed E-state index contributed by atoms with van der Waals surface area (Å²) < 4.78 is 0. The molecule has 15 heavy (non-hydrogen) atoms. The highest BCUT2D eigenvalue weighted by atomic mass is 16.1. The number of nitrogens with one attached hydrogen (secondary N) is 1. The van der Waals surface area contributed by atoms with Crippen LogP contribution in [0.3, 0.4) is 0 Å². The van der Waals surface area contributed by atoms with Crippen LogP contribution in [-0.2, 0) is 11.3 Å². The zero-order valence-corrected chi connectivity index (χ0v) is 8.60. The minimum Gasteiger partial charge on any atom is -0.345 e. The maximum atomic E-state index is 10.3. The number of rotatable bonds is 4. The minimum atomic E-state index is 0.459. The Morgan fingerprint density at radius 2 is 2.40 bits per heavy atom. The third-order valence-electron chi connectivity index (χ3n) is 2.32. The zero-order valence-electron chi connectivity index (χ0n) is 8.60. The molecule has 0 saturated carbocycles. The second kappa shape index (κ2) is 4.23. The molecule has 0 aliphatic rings. The summed E-state index contributed by atoms with van der Waals surface area (Å²) in [6.45, 7) is 1.23. The normalized spacial score (nSPS) is 11.1. The molecule has 4 nitrogen and oxygen atoms in total. The maximum absolute atomic E-state index is 10.3. The Labute approximate surface area is 87.9 Å². The van der Waals surface area contributed by atoms with Gasteiger partial charge in [0, 0.05) is 6.54 Å². The quantitative estimate of drug-likeness (QED) is 0.759. The van der Waals surface area contributed by atoms with Crippen LogP contribution in [0, 0.1) is 0 Å². The van der Waals surface area contributed by atoms with Gasteiger partial charge in [0.25, 0.3) is 0 Å². The lowest BCUT2D eigenvalue weighted by Crippen LogP contribution is -2.19. The first-order valence-corrected chi connectivity index (χ1v) is 4.84. The van der Waals surface area contributed by atoms with E-state index in [4.69, 9.17) is 0 Å². The molecule has 0 amide bonds. The fourth-order valence-electron chi connectivity index (χ4n) is 1.58. The topological polar surface area (TPSA) is 49.0 Å². The fourth-order valence-corrected chi connectivity index (χ4v) is 1.58. The van der Waals surface area contributed by atoms with E-state index in [2.05, 4.69) is 16.0 Å². The van der Waals surface area contributed by atoms with Crippen molar-refractivity contribution < 1.29 is 4.79 Å². The average Bonchev–Trinajstić information content (AvgIpc) is 2.65. The van der Waals surface area contributed by atoms with E-state index in [0.29, 0.717) is 6.54 Å². The van der Waals surface area contributed by atoms with Gasteiger partial charge in [-0.15, -0.1) is 0 Å². The van der Waals surface area contributed by atoms with Crippen LogP contribution in [0.1, 0.15) is 5.56 Å². The SMILES string of the molecule is CN(CC=O)Cc1ccc2nc[nH]c2c1. The Bertz CT molecular complexity index is 464. The van der Waals surface area contributed by atoms with Crippen LogP contribution in [0.5, 0.6) is 0 Å². The van der Waals surface area contributed by atoms with Crippen LogP contribution in [-0.4, -0.2) is 34.7 Å². The Kier molecular flexibility index (Phi) is 2.78. The van der Waals surface area contributed by atoms with Crippen molar-refractivity contribution in [1.82, 2.24) is 14.9 Å². The second-order valence-corrected chi connectivity index (χ2v) is 3.62. The number of carbonyl (C=O) groups excluding carboxylic acids is 1. The molecule has 2 aromatic rings. The van der Waals surface area contributed by atoms with Gasteiger partial charge in [0.1, 0.15) is 6.29 Å². The summed E-state index contributed by atoms with van der Waals surface area (Å²) in [6, 6.07) is 6.07. The van der Waals surface area contributed by atoms with E-state index >= 15 is 0 Å². The van der Waals surface area contributed by atoms with Crippen molar-refractivity contribution in [2.75, 3.05) is 13.6 Å². The first-order valence-electron chi connectivity index (χ1n) is 4.84. The van der Waals surface area contributed by atoms with Gasteiger partial charge in [0.2, 0.25) is 0 Å². The lowest BCUT2D eigenvalue weighted by atomic mass is 10.2. The van der Waals surface area contributed by atoms with Gasteiger partial charge in [-0.1, -0.05) is 6.07 Å². The number of hydrogen-bond acceptors (Lipinski definition) is 3. The van der Waals surface area contributed by atoms with E-state index in [9.17, 15) is 4.79 Å². The molecule has 1 heterocycles. The number of fused-ring (bicyclic) bond motifs is 1. The van der Waals surface area contributed by atoms with Crippen LogP contribution in [0.15, 0.2) is 24.5 Å². The van der Waals surface area contributed by atoms with E-state index in [1.807, 2.05) is 24.1 Å². The molecule has 1 aromatic heterocycles. The molecule has 4 heteroatoms. The van der Waals surface area contributed by atoms with E-state index in [1.54, 1.807) is 6.33 Å². The number of nitrogens with zero attached hydrogens (tertiary/aromatic N) is 2. The first kappa shape index (κ1) is 9.86. The molecule has 0 atom stereocenters. The molecule has 0 aliphatic carbocycles. The van der Waals surface area contributed by atoms with Crippen molar-refractivity contribution in [2.24, 2.45) is 0 Å². The molecule has 1 aromatic carbocycles. The summed E-state index contributed by atoms with van der Waals surface area (Å²) in [5, 5.41) is 0. The van der Waals surface area contributed by atoms with Crippen molar-refractivity contribution >= 4 is 17.3 Å². The molecule has 0 bridgehead atoms. The number of imidazole rings is 1. The van der Waals surface area contributed by atoms with E-state index in [-0.39, 0.29) is 0 Å². The second-order valence-electron chi connectivity index (χ2n) is 3.62. The summed E-state index contributed by atoms with van der Waals surface area (Å²) in [6.07, 6.45) is 2.60. The third kappa shape index (κ3) is 2.22. The monoisotopic (exact) mass is 203 g/mol. The highest BCUT2D eigenvalue weighted by Gasteiger charge is 2.01. The van der Waals surface area contributed by atoms with Crippen LogP contribution in [0.2, 0.25) is 0 Å². The van der Waals surface area contributed by atoms with E-state index in [0.717, 1.165) is 23.9 Å². The molecule has 0 unspecified atom stereocenters. The summed E-state index contributed by atoms with van der Waals surface area (Å²) in [7, 11) is 1.92. The van der Waals surface area contributed by atoms with Crippen LogP contribution < -0.4 is 0 Å². The summed E-state index contributed by atoms with van der Waals surface area (Å²) >= 11 is 0. The molecule has 78 valence electrons. The number of likely N-dealkylation sites (N-methyl/N-ethyl adjacent to an activating group) is 1. The molecule has 1 N–H and O–H groups in total. The number of benzene rings is 1. The molecule has 2 rings (SSSR count). The molecular weight excluding hydrogens is 190 g/mol. The highest BCUT2D eigenvalue weighted by molar-refractivity contribution is 5.75. The third-order valence-corrected chi connectivity index (χ3v) is 2.32. The maximum Gasteiger partial charge on any atom is 0.133 e. The zero-order chi connectivity index (χ0) is 10.7. The highest BCUT2D eigenvalue weighted by Crippen LogP contribution is 2.12. The number of H-pyrrole nitrogens is 1. The average molecular weight is 203 g/mol. The smallest absolute Gasteiger partial charge is 0.133 e. The molecule has 0 saturated heterocycles.